The molecule has 6 heteroatoms. The highest BCUT2D eigenvalue weighted by Crippen LogP contribution is 2.38. The van der Waals surface area contributed by atoms with Gasteiger partial charge in [0.1, 0.15) is 6.10 Å². The Morgan fingerprint density at radius 2 is 1.81 bits per heavy atom. The van der Waals surface area contributed by atoms with Crippen LogP contribution in [0.3, 0.4) is 0 Å². The summed E-state index contributed by atoms with van der Waals surface area (Å²) in [5.41, 5.74) is 6.12. The zero-order valence-electron chi connectivity index (χ0n) is 15.0. The summed E-state index contributed by atoms with van der Waals surface area (Å²) in [5.74, 6) is 0.411. The number of halogens is 1. The number of nitrogens with two attached hydrogens (primary N) is 1. The molecule has 2 N–H and O–H groups in total. The first-order chi connectivity index (χ1) is 12.5. The molecule has 1 saturated carbocycles. The minimum Gasteiger partial charge on any atom is -0.446 e. The zero-order chi connectivity index (χ0) is 18.5. The largest absolute Gasteiger partial charge is 0.446 e. The number of nitrogens with zero attached hydrogens (tertiary/aromatic N) is 1. The SMILES string of the molecule is NC(=O)OC1CCN(C(=O)C(c2cccc(Cl)c2)C2CCCCC2)CC1. The molecule has 1 aromatic carbocycles. The van der Waals surface area contributed by atoms with E-state index < -0.39 is 6.09 Å². The van der Waals surface area contributed by atoms with Gasteiger partial charge in [0, 0.05) is 31.0 Å². The molecule has 1 saturated heterocycles. The van der Waals surface area contributed by atoms with Gasteiger partial charge < -0.3 is 15.4 Å². The Bertz CT molecular complexity index is 638. The van der Waals surface area contributed by atoms with Crippen molar-refractivity contribution in [3.8, 4) is 0 Å². The number of piperidine rings is 1. The average molecular weight is 379 g/mol. The fourth-order valence-corrected chi connectivity index (χ4v) is 4.54. The van der Waals surface area contributed by atoms with Crippen LogP contribution in [0.1, 0.15) is 56.4 Å². The molecule has 2 amide bonds. The van der Waals surface area contributed by atoms with Crippen LogP contribution in [0.4, 0.5) is 4.79 Å². The van der Waals surface area contributed by atoms with E-state index in [2.05, 4.69) is 0 Å². The molecule has 0 aromatic heterocycles. The summed E-state index contributed by atoms with van der Waals surface area (Å²) in [6.07, 6.45) is 6.15. The molecule has 1 atom stereocenters. The lowest BCUT2D eigenvalue weighted by molar-refractivity contribution is -0.136. The van der Waals surface area contributed by atoms with E-state index >= 15 is 0 Å². The van der Waals surface area contributed by atoms with Gasteiger partial charge in [0.05, 0.1) is 5.92 Å². The molecular formula is C20H27ClN2O3. The van der Waals surface area contributed by atoms with Crippen molar-refractivity contribution in [1.82, 2.24) is 4.90 Å². The number of carbonyl (C=O) groups excluding carboxylic acids is 2. The monoisotopic (exact) mass is 378 g/mol. The predicted octanol–water partition coefficient (Wildman–Crippen LogP) is 4.09. The highest BCUT2D eigenvalue weighted by molar-refractivity contribution is 6.30. The smallest absolute Gasteiger partial charge is 0.404 e. The molecule has 0 spiro atoms. The lowest BCUT2D eigenvalue weighted by Crippen LogP contribution is -2.45. The van der Waals surface area contributed by atoms with E-state index in [4.69, 9.17) is 22.1 Å². The third-order valence-electron chi connectivity index (χ3n) is 5.63. The van der Waals surface area contributed by atoms with E-state index in [0.717, 1.165) is 18.4 Å². The number of likely N-dealkylation sites (tertiary alicyclic amines) is 1. The Labute approximate surface area is 159 Å². The maximum Gasteiger partial charge on any atom is 0.404 e. The molecule has 1 aliphatic carbocycles. The normalized spacial score (nSPS) is 20.6. The summed E-state index contributed by atoms with van der Waals surface area (Å²) in [6.45, 7) is 1.20. The number of ether oxygens (including phenoxy) is 1. The fourth-order valence-electron chi connectivity index (χ4n) is 4.34. The number of benzene rings is 1. The lowest BCUT2D eigenvalue weighted by Gasteiger charge is -2.37. The standard InChI is InChI=1S/C20H27ClN2O3/c21-16-8-4-7-15(13-16)18(14-5-2-1-3-6-14)19(24)23-11-9-17(10-12-23)26-20(22)25/h4,7-8,13-14,17-18H,1-3,5-6,9-12H2,(H2,22,25). The number of primary amides is 1. The van der Waals surface area contributed by atoms with Gasteiger partial charge in [0.2, 0.25) is 5.91 Å². The van der Waals surface area contributed by atoms with E-state index in [9.17, 15) is 9.59 Å². The Balaban J connectivity index is 1.74. The van der Waals surface area contributed by atoms with Gasteiger partial charge in [0.25, 0.3) is 0 Å². The number of carbonyl (C=O) groups is 2. The van der Waals surface area contributed by atoms with Crippen LogP contribution >= 0.6 is 11.6 Å². The van der Waals surface area contributed by atoms with Gasteiger partial charge in [-0.1, -0.05) is 43.0 Å². The van der Waals surface area contributed by atoms with Crippen LogP contribution in [-0.2, 0) is 9.53 Å². The van der Waals surface area contributed by atoms with E-state index in [0.29, 0.717) is 36.9 Å². The lowest BCUT2D eigenvalue weighted by atomic mass is 9.76. The van der Waals surface area contributed by atoms with Crippen molar-refractivity contribution in [1.29, 1.82) is 0 Å². The van der Waals surface area contributed by atoms with E-state index in [-0.39, 0.29) is 17.9 Å². The second kappa shape index (κ2) is 8.76. The maximum atomic E-state index is 13.4. The first-order valence-electron chi connectivity index (χ1n) is 9.55. The molecule has 26 heavy (non-hydrogen) atoms. The third kappa shape index (κ3) is 4.70. The minimum atomic E-state index is -0.742. The van der Waals surface area contributed by atoms with Crippen LogP contribution < -0.4 is 5.73 Å². The molecule has 2 fully saturated rings. The van der Waals surface area contributed by atoms with Crippen molar-refractivity contribution in [3.05, 3.63) is 34.9 Å². The summed E-state index contributed by atoms with van der Waals surface area (Å²) < 4.78 is 5.08. The summed E-state index contributed by atoms with van der Waals surface area (Å²) in [7, 11) is 0. The number of hydrogen-bond donors (Lipinski definition) is 1. The first kappa shape index (κ1) is 19.0. The Kier molecular flexibility index (Phi) is 6.41. The molecule has 1 heterocycles. The second-order valence-corrected chi connectivity index (χ2v) is 7.83. The van der Waals surface area contributed by atoms with Crippen LogP contribution in [0, 0.1) is 5.92 Å². The summed E-state index contributed by atoms with van der Waals surface area (Å²) in [6, 6.07) is 7.72. The third-order valence-corrected chi connectivity index (χ3v) is 5.87. The van der Waals surface area contributed by atoms with Gasteiger partial charge in [-0.2, -0.15) is 0 Å². The van der Waals surface area contributed by atoms with Crippen LogP contribution in [0.2, 0.25) is 5.02 Å². The molecular weight excluding hydrogens is 352 g/mol. The number of amides is 2. The van der Waals surface area contributed by atoms with Crippen LogP contribution in [0.5, 0.6) is 0 Å². The molecule has 0 radical (unpaired) electrons. The van der Waals surface area contributed by atoms with Crippen LogP contribution in [0.15, 0.2) is 24.3 Å². The van der Waals surface area contributed by atoms with Gasteiger partial charge in [-0.25, -0.2) is 4.79 Å². The number of hydrogen-bond acceptors (Lipinski definition) is 3. The second-order valence-electron chi connectivity index (χ2n) is 7.39. The molecule has 1 aromatic rings. The van der Waals surface area contributed by atoms with Crippen molar-refractivity contribution >= 4 is 23.6 Å². The number of rotatable bonds is 4. The van der Waals surface area contributed by atoms with E-state index in [1.807, 2.05) is 29.2 Å². The first-order valence-corrected chi connectivity index (χ1v) is 9.92. The van der Waals surface area contributed by atoms with Crippen molar-refractivity contribution in [2.75, 3.05) is 13.1 Å². The van der Waals surface area contributed by atoms with Crippen LogP contribution in [0.25, 0.3) is 0 Å². The predicted molar refractivity (Wildman–Crippen MR) is 101 cm³/mol. The molecule has 1 unspecified atom stereocenters. The highest BCUT2D eigenvalue weighted by Gasteiger charge is 2.35. The molecule has 3 rings (SSSR count). The highest BCUT2D eigenvalue weighted by atomic mass is 35.5. The fraction of sp³-hybridized carbons (Fsp3) is 0.600. The Hall–Kier alpha value is -1.75. The molecule has 2 aliphatic rings. The zero-order valence-corrected chi connectivity index (χ0v) is 15.8. The van der Waals surface area contributed by atoms with Crippen molar-refractivity contribution in [3.63, 3.8) is 0 Å². The minimum absolute atomic E-state index is 0.136. The van der Waals surface area contributed by atoms with E-state index in [1.165, 1.54) is 19.3 Å². The topological polar surface area (TPSA) is 72.6 Å². The van der Waals surface area contributed by atoms with Crippen molar-refractivity contribution < 1.29 is 14.3 Å². The Morgan fingerprint density at radius 3 is 2.42 bits per heavy atom. The summed E-state index contributed by atoms with van der Waals surface area (Å²) >= 11 is 6.20. The molecule has 5 nitrogen and oxygen atoms in total. The van der Waals surface area contributed by atoms with Gasteiger partial charge in [0.15, 0.2) is 0 Å². The van der Waals surface area contributed by atoms with Gasteiger partial charge in [-0.3, -0.25) is 4.79 Å². The van der Waals surface area contributed by atoms with Gasteiger partial charge in [-0.15, -0.1) is 0 Å². The van der Waals surface area contributed by atoms with Gasteiger partial charge >= 0.3 is 6.09 Å². The van der Waals surface area contributed by atoms with E-state index in [1.54, 1.807) is 0 Å². The van der Waals surface area contributed by atoms with Crippen molar-refractivity contribution in [2.45, 2.75) is 57.0 Å². The quantitative estimate of drug-likeness (QED) is 0.857. The van der Waals surface area contributed by atoms with Gasteiger partial charge in [-0.05, 0) is 36.5 Å². The van der Waals surface area contributed by atoms with Crippen molar-refractivity contribution in [2.24, 2.45) is 11.7 Å². The summed E-state index contributed by atoms with van der Waals surface area (Å²) in [5, 5.41) is 0.671. The Morgan fingerprint density at radius 1 is 1.12 bits per heavy atom. The van der Waals surface area contributed by atoms with Crippen LogP contribution in [-0.4, -0.2) is 36.1 Å². The molecule has 1 aliphatic heterocycles. The molecule has 0 bridgehead atoms. The maximum absolute atomic E-state index is 13.4. The average Bonchev–Trinajstić information content (AvgIpc) is 2.63. The summed E-state index contributed by atoms with van der Waals surface area (Å²) in [4.78, 5) is 26.2. The molecule has 142 valence electrons.